The van der Waals surface area contributed by atoms with Gasteiger partial charge >= 0.3 is 7.12 Å². The van der Waals surface area contributed by atoms with Crippen LogP contribution in [0.3, 0.4) is 0 Å². The molecule has 0 atom stereocenters. The van der Waals surface area contributed by atoms with E-state index >= 15 is 0 Å². The Balaban J connectivity index is 2.39. The zero-order valence-corrected chi connectivity index (χ0v) is 9.92. The highest BCUT2D eigenvalue weighted by Gasteiger charge is 2.05. The van der Waals surface area contributed by atoms with E-state index in [4.69, 9.17) is 4.65 Å². The average molecular weight is 302 g/mol. The Morgan fingerprint density at radius 1 is 1.36 bits per heavy atom. The molecule has 74 valence electrons. The zero-order chi connectivity index (χ0) is 10.2. The van der Waals surface area contributed by atoms with Crippen molar-refractivity contribution in [2.24, 2.45) is 0 Å². The maximum Gasteiger partial charge on any atom is 0.483 e. The minimum absolute atomic E-state index is 0.570. The molecule has 4 heteroatoms. The Kier molecular flexibility index (Phi) is 5.90. The third-order valence-electron chi connectivity index (χ3n) is 1.62. The van der Waals surface area contributed by atoms with Crippen LogP contribution in [0.5, 0.6) is 0 Å². The monoisotopic (exact) mass is 302 g/mol. The van der Waals surface area contributed by atoms with Crippen LogP contribution in [0, 0.1) is 0 Å². The van der Waals surface area contributed by atoms with E-state index in [0.717, 1.165) is 9.99 Å². The van der Waals surface area contributed by atoms with E-state index in [1.807, 2.05) is 36.4 Å². The molecule has 1 N–H and O–H groups in total. The largest absolute Gasteiger partial charge is 0.483 e. The summed E-state index contributed by atoms with van der Waals surface area (Å²) in [5.41, 5.74) is 1.06. The maximum atomic E-state index is 9.33. The highest BCUT2D eigenvalue weighted by atomic mass is 127. The highest BCUT2D eigenvalue weighted by molar-refractivity contribution is 14.1. The topological polar surface area (TPSA) is 29.5 Å². The SMILES string of the molecule is OB(/C=C/c1ccccc1)OCCI. The lowest BCUT2D eigenvalue weighted by atomic mass is 9.89. The number of hydrogen-bond acceptors (Lipinski definition) is 2. The summed E-state index contributed by atoms with van der Waals surface area (Å²) >= 11 is 2.20. The van der Waals surface area contributed by atoms with Gasteiger partial charge < -0.3 is 9.68 Å². The summed E-state index contributed by atoms with van der Waals surface area (Å²) in [6.07, 6.45) is 1.85. The lowest BCUT2D eigenvalue weighted by molar-refractivity contribution is 0.291. The third kappa shape index (κ3) is 4.78. The van der Waals surface area contributed by atoms with E-state index in [2.05, 4.69) is 22.6 Å². The van der Waals surface area contributed by atoms with Gasteiger partial charge in [0, 0.05) is 11.0 Å². The Morgan fingerprint density at radius 3 is 2.71 bits per heavy atom. The van der Waals surface area contributed by atoms with E-state index in [-0.39, 0.29) is 0 Å². The molecule has 0 heterocycles. The molecular formula is C10H12BIO2. The Hall–Kier alpha value is -0.325. The zero-order valence-electron chi connectivity index (χ0n) is 7.77. The lowest BCUT2D eigenvalue weighted by Crippen LogP contribution is -2.15. The first-order chi connectivity index (χ1) is 6.83. The molecule has 2 nitrogen and oxygen atoms in total. The summed E-state index contributed by atoms with van der Waals surface area (Å²) in [6, 6.07) is 9.82. The molecule has 0 aliphatic rings. The molecule has 1 aromatic carbocycles. The second kappa shape index (κ2) is 7.03. The molecule has 0 bridgehead atoms. The molecule has 0 amide bonds. The Bertz CT molecular complexity index is 277. The van der Waals surface area contributed by atoms with Gasteiger partial charge in [-0.3, -0.25) is 0 Å². The van der Waals surface area contributed by atoms with E-state index in [1.165, 1.54) is 0 Å². The Labute approximate surface area is 98.3 Å². The molecule has 0 spiro atoms. The van der Waals surface area contributed by atoms with Crippen LogP contribution in [0.1, 0.15) is 5.56 Å². The van der Waals surface area contributed by atoms with Crippen molar-refractivity contribution in [2.45, 2.75) is 0 Å². The molecule has 1 aromatic rings. The maximum absolute atomic E-state index is 9.33. The van der Waals surface area contributed by atoms with Gasteiger partial charge in [-0.15, -0.1) is 0 Å². The third-order valence-corrected chi connectivity index (χ3v) is 2.06. The first kappa shape index (κ1) is 11.7. The van der Waals surface area contributed by atoms with E-state index in [0.29, 0.717) is 6.61 Å². The summed E-state index contributed by atoms with van der Waals surface area (Å²) in [4.78, 5) is 0. The molecule has 0 aromatic heterocycles. The van der Waals surface area contributed by atoms with Crippen molar-refractivity contribution in [3.8, 4) is 0 Å². The van der Waals surface area contributed by atoms with E-state index in [1.54, 1.807) is 5.98 Å². The van der Waals surface area contributed by atoms with Gasteiger partial charge in [0.25, 0.3) is 0 Å². The van der Waals surface area contributed by atoms with Gasteiger partial charge in [-0.25, -0.2) is 0 Å². The number of hydrogen-bond donors (Lipinski definition) is 1. The molecule has 0 unspecified atom stereocenters. The highest BCUT2D eigenvalue weighted by Crippen LogP contribution is 2.01. The van der Waals surface area contributed by atoms with Crippen LogP contribution in [-0.4, -0.2) is 23.2 Å². The van der Waals surface area contributed by atoms with Crippen LogP contribution in [0.15, 0.2) is 36.3 Å². The number of benzene rings is 1. The van der Waals surface area contributed by atoms with Gasteiger partial charge in [0.2, 0.25) is 0 Å². The van der Waals surface area contributed by atoms with Crippen molar-refractivity contribution in [3.63, 3.8) is 0 Å². The smallest absolute Gasteiger partial charge is 0.423 e. The Morgan fingerprint density at radius 2 is 2.07 bits per heavy atom. The molecule has 0 radical (unpaired) electrons. The van der Waals surface area contributed by atoms with Crippen LogP contribution in [-0.2, 0) is 4.65 Å². The molecule has 14 heavy (non-hydrogen) atoms. The second-order valence-corrected chi connectivity index (χ2v) is 3.80. The van der Waals surface area contributed by atoms with Crippen LogP contribution < -0.4 is 0 Å². The van der Waals surface area contributed by atoms with Crippen molar-refractivity contribution < 1.29 is 9.68 Å². The van der Waals surface area contributed by atoms with Gasteiger partial charge in [-0.2, -0.15) is 0 Å². The van der Waals surface area contributed by atoms with E-state index < -0.39 is 7.12 Å². The minimum Gasteiger partial charge on any atom is -0.423 e. The first-order valence-corrected chi connectivity index (χ1v) is 5.94. The summed E-state index contributed by atoms with van der Waals surface area (Å²) < 4.78 is 5.96. The summed E-state index contributed by atoms with van der Waals surface area (Å²) in [7, 11) is -0.801. The van der Waals surface area contributed by atoms with Gasteiger partial charge in [-0.1, -0.05) is 65.0 Å². The molecular weight excluding hydrogens is 290 g/mol. The molecule has 0 saturated heterocycles. The van der Waals surface area contributed by atoms with E-state index in [9.17, 15) is 5.02 Å². The van der Waals surface area contributed by atoms with Gasteiger partial charge in [0.15, 0.2) is 0 Å². The van der Waals surface area contributed by atoms with Crippen LogP contribution in [0.25, 0.3) is 6.08 Å². The molecule has 1 rings (SSSR count). The fraction of sp³-hybridized carbons (Fsp3) is 0.200. The molecule has 0 aliphatic heterocycles. The summed E-state index contributed by atoms with van der Waals surface area (Å²) in [5, 5.41) is 9.33. The van der Waals surface area contributed by atoms with Crippen LogP contribution >= 0.6 is 22.6 Å². The van der Waals surface area contributed by atoms with Gasteiger partial charge in [-0.05, 0) is 5.56 Å². The fourth-order valence-corrected chi connectivity index (χ4v) is 1.23. The van der Waals surface area contributed by atoms with Crippen molar-refractivity contribution in [1.82, 2.24) is 0 Å². The average Bonchev–Trinajstić information content (AvgIpc) is 2.25. The van der Waals surface area contributed by atoms with Crippen LogP contribution in [0.4, 0.5) is 0 Å². The van der Waals surface area contributed by atoms with Crippen molar-refractivity contribution in [3.05, 3.63) is 41.9 Å². The predicted molar refractivity (Wildman–Crippen MR) is 68.3 cm³/mol. The molecule has 0 fully saturated rings. The predicted octanol–water partition coefficient (Wildman–Crippen LogP) is 2.17. The summed E-state index contributed by atoms with van der Waals surface area (Å²) in [5.74, 6) is 1.64. The van der Waals surface area contributed by atoms with Crippen molar-refractivity contribution in [1.29, 1.82) is 0 Å². The molecule has 0 saturated carbocycles. The normalized spacial score (nSPS) is 10.7. The number of rotatable bonds is 5. The van der Waals surface area contributed by atoms with Gasteiger partial charge in [0.1, 0.15) is 0 Å². The summed E-state index contributed by atoms with van der Waals surface area (Å²) in [6.45, 7) is 0.570. The van der Waals surface area contributed by atoms with Crippen molar-refractivity contribution >= 4 is 35.8 Å². The standard InChI is InChI=1S/C10H12BIO2/c12-8-9-14-11(13)7-6-10-4-2-1-3-5-10/h1-7,13H,8-9H2/b7-6+. The first-order valence-electron chi connectivity index (χ1n) is 4.42. The quantitative estimate of drug-likeness (QED) is 0.513. The minimum atomic E-state index is -0.801. The lowest BCUT2D eigenvalue weighted by Gasteiger charge is -2.00. The van der Waals surface area contributed by atoms with Gasteiger partial charge in [0.05, 0.1) is 0 Å². The van der Waals surface area contributed by atoms with Crippen molar-refractivity contribution in [2.75, 3.05) is 11.0 Å². The van der Waals surface area contributed by atoms with Crippen LogP contribution in [0.2, 0.25) is 0 Å². The second-order valence-electron chi connectivity index (χ2n) is 2.72. The molecule has 0 aliphatic carbocycles. The number of alkyl halides is 1. The fourth-order valence-electron chi connectivity index (χ4n) is 0.978. The number of halogens is 1.